The predicted octanol–water partition coefficient (Wildman–Crippen LogP) is 3.51. The summed E-state index contributed by atoms with van der Waals surface area (Å²) in [6.07, 6.45) is 14.1. The Balaban J connectivity index is 1.52. The van der Waals surface area contributed by atoms with Crippen LogP contribution < -0.4 is 5.73 Å². The highest BCUT2D eigenvalue weighted by Crippen LogP contribution is 2.60. The molecule has 4 aliphatic carbocycles. The molecule has 1 aromatic heterocycles. The summed E-state index contributed by atoms with van der Waals surface area (Å²) >= 11 is 0. The largest absolute Gasteiger partial charge is 0.324 e. The van der Waals surface area contributed by atoms with Crippen molar-refractivity contribution in [2.75, 3.05) is 0 Å². The molecule has 0 radical (unpaired) electrons. The zero-order valence-corrected chi connectivity index (χ0v) is 12.6. The van der Waals surface area contributed by atoms with Crippen LogP contribution in [0.15, 0.2) is 12.4 Å². The van der Waals surface area contributed by atoms with Gasteiger partial charge in [-0.2, -0.15) is 5.10 Å². The van der Waals surface area contributed by atoms with Crippen molar-refractivity contribution < 1.29 is 0 Å². The molecular weight excluding hydrogens is 246 g/mol. The van der Waals surface area contributed by atoms with Crippen molar-refractivity contribution in [1.82, 2.24) is 9.78 Å². The van der Waals surface area contributed by atoms with Crippen LogP contribution in [0, 0.1) is 23.2 Å². The van der Waals surface area contributed by atoms with Crippen molar-refractivity contribution >= 4 is 0 Å². The van der Waals surface area contributed by atoms with Crippen molar-refractivity contribution in [1.29, 1.82) is 0 Å². The van der Waals surface area contributed by atoms with Gasteiger partial charge in [0, 0.05) is 24.3 Å². The first-order valence-electron chi connectivity index (χ1n) is 8.44. The summed E-state index contributed by atoms with van der Waals surface area (Å²) in [4.78, 5) is 0. The third-order valence-corrected chi connectivity index (χ3v) is 6.18. The van der Waals surface area contributed by atoms with E-state index in [4.69, 9.17) is 5.73 Å². The maximum absolute atomic E-state index is 6.12. The van der Waals surface area contributed by atoms with E-state index in [-0.39, 0.29) is 6.04 Å². The van der Waals surface area contributed by atoms with Crippen LogP contribution in [0.3, 0.4) is 0 Å². The Morgan fingerprint density at radius 3 is 2.40 bits per heavy atom. The van der Waals surface area contributed by atoms with Gasteiger partial charge in [0.25, 0.3) is 0 Å². The number of nitrogens with zero attached hydrogens (tertiary/aromatic N) is 2. The van der Waals surface area contributed by atoms with Crippen molar-refractivity contribution in [2.24, 2.45) is 28.9 Å². The summed E-state index contributed by atoms with van der Waals surface area (Å²) in [5.41, 5.74) is 7.88. The van der Waals surface area contributed by atoms with E-state index in [1.54, 1.807) is 0 Å². The average molecular weight is 273 g/mol. The lowest BCUT2D eigenvalue weighted by Gasteiger charge is -2.56. The Hall–Kier alpha value is -0.830. The van der Waals surface area contributed by atoms with E-state index in [1.807, 2.05) is 6.20 Å². The molecule has 2 N–H and O–H groups in total. The molecule has 4 bridgehead atoms. The standard InChI is InChI=1S/C17H27N3/c1-2-16(18)15-9-19-20(10-15)11-17-6-12-3-13(7-17)5-14(4-12)8-17/h9-10,12-14,16H,2-8,11,18H2,1H3. The van der Waals surface area contributed by atoms with E-state index in [0.717, 1.165) is 30.7 Å². The molecule has 1 atom stereocenters. The molecule has 3 nitrogen and oxygen atoms in total. The fourth-order valence-electron chi connectivity index (χ4n) is 5.72. The third kappa shape index (κ3) is 2.11. The molecular formula is C17H27N3. The molecule has 5 rings (SSSR count). The van der Waals surface area contributed by atoms with Gasteiger partial charge in [0.1, 0.15) is 0 Å². The smallest absolute Gasteiger partial charge is 0.0537 e. The number of nitrogens with two attached hydrogens (primary N) is 1. The van der Waals surface area contributed by atoms with E-state index in [0.29, 0.717) is 5.41 Å². The van der Waals surface area contributed by atoms with Crippen molar-refractivity contribution in [3.8, 4) is 0 Å². The molecule has 1 aromatic rings. The van der Waals surface area contributed by atoms with Crippen LogP contribution in [0.1, 0.15) is 63.5 Å². The molecule has 0 aromatic carbocycles. The molecule has 3 heteroatoms. The van der Waals surface area contributed by atoms with Crippen LogP contribution in [0.5, 0.6) is 0 Å². The molecule has 1 unspecified atom stereocenters. The lowest BCUT2D eigenvalue weighted by molar-refractivity contribution is -0.0635. The summed E-state index contributed by atoms with van der Waals surface area (Å²) in [6, 6.07) is 0.153. The van der Waals surface area contributed by atoms with Gasteiger partial charge in [-0.05, 0) is 68.1 Å². The van der Waals surface area contributed by atoms with Crippen LogP contribution in [0.2, 0.25) is 0 Å². The quantitative estimate of drug-likeness (QED) is 0.912. The van der Waals surface area contributed by atoms with Crippen LogP contribution >= 0.6 is 0 Å². The number of hydrogen-bond acceptors (Lipinski definition) is 2. The number of aromatic nitrogens is 2. The second-order valence-corrected chi connectivity index (χ2v) is 7.90. The highest BCUT2D eigenvalue weighted by atomic mass is 15.3. The molecule has 1 heterocycles. The van der Waals surface area contributed by atoms with E-state index in [2.05, 4.69) is 22.9 Å². The average Bonchev–Trinajstić information content (AvgIpc) is 2.83. The Kier molecular flexibility index (Phi) is 2.95. The molecule has 4 saturated carbocycles. The molecule has 0 aliphatic heterocycles. The third-order valence-electron chi connectivity index (χ3n) is 6.18. The number of hydrogen-bond donors (Lipinski definition) is 1. The van der Waals surface area contributed by atoms with Crippen molar-refractivity contribution in [3.63, 3.8) is 0 Å². The van der Waals surface area contributed by atoms with Gasteiger partial charge in [0.15, 0.2) is 0 Å². The maximum Gasteiger partial charge on any atom is 0.0537 e. The van der Waals surface area contributed by atoms with Gasteiger partial charge < -0.3 is 5.73 Å². The molecule has 110 valence electrons. The minimum Gasteiger partial charge on any atom is -0.324 e. The Bertz CT molecular complexity index is 455. The molecule has 20 heavy (non-hydrogen) atoms. The summed E-state index contributed by atoms with van der Waals surface area (Å²) in [5.74, 6) is 3.07. The van der Waals surface area contributed by atoms with Crippen LogP contribution in [-0.4, -0.2) is 9.78 Å². The highest BCUT2D eigenvalue weighted by molar-refractivity contribution is 5.10. The minimum absolute atomic E-state index is 0.153. The summed E-state index contributed by atoms with van der Waals surface area (Å²) in [5, 5.41) is 4.60. The molecule has 0 spiro atoms. The van der Waals surface area contributed by atoms with Crippen LogP contribution in [-0.2, 0) is 6.54 Å². The molecule has 0 saturated heterocycles. The van der Waals surface area contributed by atoms with E-state index in [1.165, 1.54) is 44.1 Å². The minimum atomic E-state index is 0.153. The Labute approximate surface area is 121 Å². The summed E-state index contributed by atoms with van der Waals surface area (Å²) < 4.78 is 2.19. The number of rotatable bonds is 4. The fraction of sp³-hybridized carbons (Fsp3) is 0.824. The normalized spacial score (nSPS) is 40.2. The van der Waals surface area contributed by atoms with Crippen molar-refractivity contribution in [3.05, 3.63) is 18.0 Å². The second-order valence-electron chi connectivity index (χ2n) is 7.90. The first kappa shape index (κ1) is 12.9. The van der Waals surface area contributed by atoms with E-state index in [9.17, 15) is 0 Å². The van der Waals surface area contributed by atoms with Gasteiger partial charge >= 0.3 is 0 Å². The monoisotopic (exact) mass is 273 g/mol. The first-order valence-corrected chi connectivity index (χ1v) is 8.44. The first-order chi connectivity index (χ1) is 9.66. The predicted molar refractivity (Wildman–Crippen MR) is 80.1 cm³/mol. The van der Waals surface area contributed by atoms with Crippen LogP contribution in [0.4, 0.5) is 0 Å². The Morgan fingerprint density at radius 1 is 1.25 bits per heavy atom. The summed E-state index contributed by atoms with van der Waals surface area (Å²) in [6.45, 7) is 3.27. The Morgan fingerprint density at radius 2 is 1.85 bits per heavy atom. The van der Waals surface area contributed by atoms with E-state index < -0.39 is 0 Å². The van der Waals surface area contributed by atoms with Gasteiger partial charge in [0.05, 0.1) is 6.20 Å². The van der Waals surface area contributed by atoms with Gasteiger partial charge in [0.2, 0.25) is 0 Å². The van der Waals surface area contributed by atoms with E-state index >= 15 is 0 Å². The molecule has 0 amide bonds. The second kappa shape index (κ2) is 4.59. The zero-order valence-electron chi connectivity index (χ0n) is 12.6. The zero-order chi connectivity index (χ0) is 13.7. The topological polar surface area (TPSA) is 43.8 Å². The van der Waals surface area contributed by atoms with Crippen molar-refractivity contribution in [2.45, 2.75) is 64.5 Å². The fourth-order valence-corrected chi connectivity index (χ4v) is 5.72. The van der Waals surface area contributed by atoms with Gasteiger partial charge in [-0.1, -0.05) is 6.92 Å². The van der Waals surface area contributed by atoms with Gasteiger partial charge in [-0.3, -0.25) is 4.68 Å². The highest BCUT2D eigenvalue weighted by Gasteiger charge is 2.50. The molecule has 4 fully saturated rings. The SMILES string of the molecule is CCC(N)c1cnn(CC23CC4CC(CC(C4)C2)C3)c1. The maximum atomic E-state index is 6.12. The molecule has 4 aliphatic rings. The summed E-state index contributed by atoms with van der Waals surface area (Å²) in [7, 11) is 0. The lowest BCUT2D eigenvalue weighted by Crippen LogP contribution is -2.47. The van der Waals surface area contributed by atoms with Crippen LogP contribution in [0.25, 0.3) is 0 Å². The van der Waals surface area contributed by atoms with Gasteiger partial charge in [-0.25, -0.2) is 0 Å². The van der Waals surface area contributed by atoms with Gasteiger partial charge in [-0.15, -0.1) is 0 Å². The lowest BCUT2D eigenvalue weighted by atomic mass is 9.49.